The SMILES string of the molecule is CCOc1ccc(Oc2ccc(S(=O)(=O)NCc3ccc(N4CCCN(C)CC4)nc3)cc2)cc1. The lowest BCUT2D eigenvalue weighted by Gasteiger charge is -2.21. The van der Waals surface area contributed by atoms with Crippen LogP contribution in [-0.4, -0.2) is 58.1 Å². The van der Waals surface area contributed by atoms with Gasteiger partial charge in [0, 0.05) is 32.4 Å². The van der Waals surface area contributed by atoms with Crippen molar-refractivity contribution in [3.05, 3.63) is 72.4 Å². The van der Waals surface area contributed by atoms with Crippen LogP contribution in [0.2, 0.25) is 0 Å². The molecule has 1 aromatic heterocycles. The highest BCUT2D eigenvalue weighted by atomic mass is 32.2. The third-order valence-electron chi connectivity index (χ3n) is 5.82. The van der Waals surface area contributed by atoms with Crippen LogP contribution in [0.3, 0.4) is 0 Å². The van der Waals surface area contributed by atoms with E-state index in [0.29, 0.717) is 18.1 Å². The van der Waals surface area contributed by atoms with Gasteiger partial charge in [-0.15, -0.1) is 0 Å². The number of benzene rings is 2. The predicted molar refractivity (Wildman–Crippen MR) is 137 cm³/mol. The zero-order valence-electron chi connectivity index (χ0n) is 20.2. The van der Waals surface area contributed by atoms with Crippen LogP contribution in [0.5, 0.6) is 17.2 Å². The van der Waals surface area contributed by atoms with Gasteiger partial charge in [0.05, 0.1) is 11.5 Å². The second-order valence-corrected chi connectivity index (χ2v) is 10.2. The summed E-state index contributed by atoms with van der Waals surface area (Å²) in [6, 6.07) is 17.5. The number of hydrogen-bond acceptors (Lipinski definition) is 7. The highest BCUT2D eigenvalue weighted by molar-refractivity contribution is 7.89. The average molecular weight is 497 g/mol. The van der Waals surface area contributed by atoms with Crippen LogP contribution in [0.4, 0.5) is 5.82 Å². The minimum atomic E-state index is -3.67. The first kappa shape index (κ1) is 25.0. The molecule has 1 saturated heterocycles. The molecule has 1 aliphatic heterocycles. The Balaban J connectivity index is 1.32. The molecule has 2 heterocycles. The normalized spacial score (nSPS) is 15.0. The molecule has 0 atom stereocenters. The lowest BCUT2D eigenvalue weighted by atomic mass is 10.3. The largest absolute Gasteiger partial charge is 0.494 e. The third kappa shape index (κ3) is 6.94. The summed E-state index contributed by atoms with van der Waals surface area (Å²) in [7, 11) is -1.53. The van der Waals surface area contributed by atoms with E-state index < -0.39 is 10.0 Å². The van der Waals surface area contributed by atoms with Gasteiger partial charge in [-0.05, 0) is 87.1 Å². The van der Waals surface area contributed by atoms with Gasteiger partial charge < -0.3 is 19.3 Å². The van der Waals surface area contributed by atoms with Gasteiger partial charge in [-0.3, -0.25) is 0 Å². The maximum absolute atomic E-state index is 12.8. The molecule has 0 saturated carbocycles. The van der Waals surface area contributed by atoms with Crippen LogP contribution in [-0.2, 0) is 16.6 Å². The number of anilines is 1. The summed E-state index contributed by atoms with van der Waals surface area (Å²) < 4.78 is 39.4. The fourth-order valence-electron chi connectivity index (χ4n) is 3.84. The highest BCUT2D eigenvalue weighted by Gasteiger charge is 2.16. The summed E-state index contributed by atoms with van der Waals surface area (Å²) in [4.78, 5) is 9.33. The van der Waals surface area contributed by atoms with Gasteiger partial charge in [0.2, 0.25) is 10.0 Å². The number of sulfonamides is 1. The van der Waals surface area contributed by atoms with Gasteiger partial charge in [-0.2, -0.15) is 0 Å². The molecule has 1 N–H and O–H groups in total. The van der Waals surface area contributed by atoms with E-state index in [9.17, 15) is 8.42 Å². The summed E-state index contributed by atoms with van der Waals surface area (Å²) in [5.41, 5.74) is 0.805. The zero-order chi connectivity index (χ0) is 24.7. The Morgan fingerprint density at radius 2 is 1.57 bits per heavy atom. The van der Waals surface area contributed by atoms with Crippen LogP contribution in [0, 0.1) is 0 Å². The molecule has 0 spiro atoms. The molecule has 35 heavy (non-hydrogen) atoms. The van der Waals surface area contributed by atoms with Crippen LogP contribution in [0.15, 0.2) is 71.8 Å². The van der Waals surface area contributed by atoms with Crippen molar-refractivity contribution < 1.29 is 17.9 Å². The van der Waals surface area contributed by atoms with Crippen molar-refractivity contribution in [2.75, 3.05) is 44.7 Å². The topological polar surface area (TPSA) is 84.0 Å². The maximum atomic E-state index is 12.8. The molecule has 9 heteroatoms. The van der Waals surface area contributed by atoms with Crippen molar-refractivity contribution in [1.82, 2.24) is 14.6 Å². The van der Waals surface area contributed by atoms with Crippen molar-refractivity contribution in [2.45, 2.75) is 24.8 Å². The molecule has 0 aliphatic carbocycles. The second-order valence-electron chi connectivity index (χ2n) is 8.47. The van der Waals surface area contributed by atoms with E-state index in [1.54, 1.807) is 18.3 Å². The first-order valence-corrected chi connectivity index (χ1v) is 13.3. The third-order valence-corrected chi connectivity index (χ3v) is 7.24. The molecule has 0 radical (unpaired) electrons. The summed E-state index contributed by atoms with van der Waals surface area (Å²) in [5, 5.41) is 0. The number of likely N-dealkylation sites (N-methyl/N-ethyl adjacent to an activating group) is 1. The number of rotatable bonds is 9. The Kier molecular flexibility index (Phi) is 8.22. The quantitative estimate of drug-likeness (QED) is 0.481. The smallest absolute Gasteiger partial charge is 0.240 e. The van der Waals surface area contributed by atoms with Crippen LogP contribution >= 0.6 is 0 Å². The van der Waals surface area contributed by atoms with Crippen molar-refractivity contribution in [2.24, 2.45) is 0 Å². The van der Waals surface area contributed by atoms with E-state index in [1.165, 1.54) is 12.1 Å². The molecular weight excluding hydrogens is 464 g/mol. The molecule has 0 unspecified atom stereocenters. The number of pyridine rings is 1. The number of nitrogens with zero attached hydrogens (tertiary/aromatic N) is 3. The zero-order valence-corrected chi connectivity index (χ0v) is 21.0. The Bertz CT molecular complexity index is 1180. The van der Waals surface area contributed by atoms with E-state index in [1.807, 2.05) is 43.3 Å². The Morgan fingerprint density at radius 3 is 2.23 bits per heavy atom. The summed E-state index contributed by atoms with van der Waals surface area (Å²) in [5.74, 6) is 2.89. The van der Waals surface area contributed by atoms with E-state index in [-0.39, 0.29) is 11.4 Å². The van der Waals surface area contributed by atoms with Crippen molar-refractivity contribution >= 4 is 15.8 Å². The van der Waals surface area contributed by atoms with Crippen molar-refractivity contribution in [1.29, 1.82) is 0 Å². The van der Waals surface area contributed by atoms with Gasteiger partial charge >= 0.3 is 0 Å². The van der Waals surface area contributed by atoms with E-state index in [0.717, 1.165) is 49.7 Å². The number of nitrogens with one attached hydrogen (secondary N) is 1. The van der Waals surface area contributed by atoms with Crippen LogP contribution in [0.25, 0.3) is 0 Å². The lowest BCUT2D eigenvalue weighted by Crippen LogP contribution is -2.29. The molecule has 0 amide bonds. The number of ether oxygens (including phenoxy) is 2. The fraction of sp³-hybridized carbons (Fsp3) is 0.346. The molecule has 4 rings (SSSR count). The first-order chi connectivity index (χ1) is 16.9. The summed E-state index contributed by atoms with van der Waals surface area (Å²) in [6.07, 6.45) is 2.84. The summed E-state index contributed by atoms with van der Waals surface area (Å²) >= 11 is 0. The summed E-state index contributed by atoms with van der Waals surface area (Å²) in [6.45, 7) is 6.71. The van der Waals surface area contributed by atoms with Gasteiger partial charge in [0.1, 0.15) is 23.1 Å². The molecule has 186 valence electrons. The Hall–Kier alpha value is -3.14. The Morgan fingerprint density at radius 1 is 0.886 bits per heavy atom. The Labute approximate surface area is 207 Å². The minimum absolute atomic E-state index is 0.169. The highest BCUT2D eigenvalue weighted by Crippen LogP contribution is 2.25. The molecule has 8 nitrogen and oxygen atoms in total. The van der Waals surface area contributed by atoms with E-state index in [4.69, 9.17) is 9.47 Å². The monoisotopic (exact) mass is 496 g/mol. The second kappa shape index (κ2) is 11.5. The maximum Gasteiger partial charge on any atom is 0.240 e. The van der Waals surface area contributed by atoms with E-state index in [2.05, 4.69) is 26.6 Å². The lowest BCUT2D eigenvalue weighted by molar-refractivity contribution is 0.339. The van der Waals surface area contributed by atoms with Crippen LogP contribution < -0.4 is 19.1 Å². The molecule has 1 fully saturated rings. The predicted octanol–water partition coefficient (Wildman–Crippen LogP) is 3.89. The minimum Gasteiger partial charge on any atom is -0.494 e. The molecule has 1 aliphatic rings. The van der Waals surface area contributed by atoms with Gasteiger partial charge in [0.15, 0.2) is 0 Å². The van der Waals surface area contributed by atoms with Crippen LogP contribution in [0.1, 0.15) is 18.9 Å². The molecule has 2 aromatic carbocycles. The van der Waals surface area contributed by atoms with Crippen molar-refractivity contribution in [3.63, 3.8) is 0 Å². The van der Waals surface area contributed by atoms with Crippen molar-refractivity contribution in [3.8, 4) is 17.2 Å². The molecule has 3 aromatic rings. The standard InChI is InChI=1S/C26H32N4O4S/c1-3-33-22-6-8-23(9-7-22)34-24-10-12-25(13-11-24)35(31,32)28-20-21-5-14-26(27-19-21)30-16-4-15-29(2)17-18-30/h5-14,19,28H,3-4,15-18,20H2,1-2H3. The fourth-order valence-corrected chi connectivity index (χ4v) is 4.86. The molecular formula is C26H32N4O4S. The van der Waals surface area contributed by atoms with Gasteiger partial charge in [-0.25, -0.2) is 18.1 Å². The van der Waals surface area contributed by atoms with Gasteiger partial charge in [0.25, 0.3) is 0 Å². The number of aromatic nitrogens is 1. The van der Waals surface area contributed by atoms with E-state index >= 15 is 0 Å². The average Bonchev–Trinajstić information content (AvgIpc) is 3.09. The first-order valence-electron chi connectivity index (χ1n) is 11.8. The van der Waals surface area contributed by atoms with Gasteiger partial charge in [-0.1, -0.05) is 6.07 Å². The number of hydrogen-bond donors (Lipinski definition) is 1. The molecule has 0 bridgehead atoms.